The third kappa shape index (κ3) is 4.07. The summed E-state index contributed by atoms with van der Waals surface area (Å²) in [4.78, 5) is 2.13. The Morgan fingerprint density at radius 2 is 2.04 bits per heavy atom. The van der Waals surface area contributed by atoms with Crippen LogP contribution in [0.2, 0.25) is 0 Å². The zero-order chi connectivity index (χ0) is 18.2. The topological polar surface area (TPSA) is 89.2 Å². The van der Waals surface area contributed by atoms with Crippen LogP contribution in [0.15, 0.2) is 12.4 Å². The summed E-state index contributed by atoms with van der Waals surface area (Å²) in [6.07, 6.45) is 3.00. The fourth-order valence-electron chi connectivity index (χ4n) is 3.05. The number of aromatic nitrogens is 5. The van der Waals surface area contributed by atoms with E-state index < -0.39 is 10.0 Å². The maximum atomic E-state index is 11.7. The second-order valence-corrected chi connectivity index (χ2v) is 8.85. The van der Waals surface area contributed by atoms with E-state index in [0.717, 1.165) is 17.2 Å². The molecule has 0 aromatic carbocycles. The minimum absolute atomic E-state index is 0.320. The minimum Gasteiger partial charge on any atom is -0.314 e. The van der Waals surface area contributed by atoms with E-state index in [1.165, 1.54) is 10.6 Å². The molecule has 1 aliphatic rings. The predicted molar refractivity (Wildman–Crippen MR) is 93.1 cm³/mol. The summed E-state index contributed by atoms with van der Waals surface area (Å²) in [5, 5.41) is 12.8. The first-order chi connectivity index (χ1) is 11.7. The van der Waals surface area contributed by atoms with Gasteiger partial charge in [-0.15, -0.1) is 10.2 Å². The summed E-state index contributed by atoms with van der Waals surface area (Å²) >= 11 is 0. The Morgan fingerprint density at radius 1 is 1.28 bits per heavy atom. The number of sulfonamides is 1. The maximum absolute atomic E-state index is 11.7. The van der Waals surface area contributed by atoms with E-state index in [1.807, 2.05) is 17.8 Å². The van der Waals surface area contributed by atoms with Gasteiger partial charge in [0.1, 0.15) is 12.2 Å². The molecule has 3 heterocycles. The maximum Gasteiger partial charge on any atom is 0.211 e. The summed E-state index contributed by atoms with van der Waals surface area (Å²) in [6.45, 7) is 7.00. The van der Waals surface area contributed by atoms with Gasteiger partial charge in [-0.25, -0.2) is 8.42 Å². The Hall–Kier alpha value is -1.78. The van der Waals surface area contributed by atoms with E-state index in [0.29, 0.717) is 38.8 Å². The van der Waals surface area contributed by atoms with Crippen molar-refractivity contribution in [2.75, 3.05) is 19.8 Å². The van der Waals surface area contributed by atoms with E-state index in [2.05, 4.69) is 38.6 Å². The second kappa shape index (κ2) is 6.85. The molecule has 0 unspecified atom stereocenters. The van der Waals surface area contributed by atoms with E-state index in [-0.39, 0.29) is 0 Å². The van der Waals surface area contributed by atoms with Crippen molar-refractivity contribution in [2.24, 2.45) is 0 Å². The first-order valence-corrected chi connectivity index (χ1v) is 10.2. The van der Waals surface area contributed by atoms with E-state index >= 15 is 0 Å². The molecule has 25 heavy (non-hydrogen) atoms. The van der Waals surface area contributed by atoms with Gasteiger partial charge in [0.2, 0.25) is 10.0 Å². The highest BCUT2D eigenvalue weighted by Crippen LogP contribution is 2.17. The molecule has 0 atom stereocenters. The smallest absolute Gasteiger partial charge is 0.211 e. The largest absolute Gasteiger partial charge is 0.314 e. The Balaban J connectivity index is 1.66. The summed E-state index contributed by atoms with van der Waals surface area (Å²) in [7, 11) is -1.15. The monoisotopic (exact) mass is 367 g/mol. The average Bonchev–Trinajstić information content (AvgIpc) is 3.11. The minimum atomic E-state index is -3.17. The lowest BCUT2D eigenvalue weighted by atomic mass is 10.3. The van der Waals surface area contributed by atoms with Gasteiger partial charge in [0.25, 0.3) is 0 Å². The van der Waals surface area contributed by atoms with Gasteiger partial charge in [0.15, 0.2) is 0 Å². The SMILES string of the molecule is CC(C)n1cnnc1CN(C)Cc1cc2n(n1)CCN(S(C)(=O)=O)C2. The first-order valence-electron chi connectivity index (χ1n) is 8.31. The molecular formula is C15H25N7O2S. The standard InChI is InChI=1S/C15H25N7O2S/c1-12(2)21-11-16-17-15(21)10-19(3)8-13-7-14-9-20(25(4,23)24)5-6-22(14)18-13/h7,11-12H,5-6,8-10H2,1-4H3. The van der Waals surface area contributed by atoms with Crippen LogP contribution in [-0.2, 0) is 36.2 Å². The molecule has 3 rings (SSSR count). The van der Waals surface area contributed by atoms with Crippen LogP contribution in [0.1, 0.15) is 37.1 Å². The lowest BCUT2D eigenvalue weighted by Crippen LogP contribution is -2.37. The number of fused-ring (bicyclic) bond motifs is 1. The lowest BCUT2D eigenvalue weighted by molar-refractivity contribution is 0.295. The number of rotatable bonds is 6. The summed E-state index contributed by atoms with van der Waals surface area (Å²) < 4.78 is 28.9. The van der Waals surface area contributed by atoms with Crippen molar-refractivity contribution in [3.8, 4) is 0 Å². The molecule has 2 aromatic heterocycles. The molecule has 0 saturated heterocycles. The van der Waals surface area contributed by atoms with Crippen molar-refractivity contribution >= 4 is 10.0 Å². The van der Waals surface area contributed by atoms with Gasteiger partial charge in [-0.2, -0.15) is 9.40 Å². The van der Waals surface area contributed by atoms with Crippen LogP contribution in [0.4, 0.5) is 0 Å². The predicted octanol–water partition coefficient (Wildman–Crippen LogP) is 0.463. The van der Waals surface area contributed by atoms with Crippen molar-refractivity contribution in [1.29, 1.82) is 0 Å². The van der Waals surface area contributed by atoms with Crippen molar-refractivity contribution in [3.05, 3.63) is 29.6 Å². The molecule has 0 N–H and O–H groups in total. The molecule has 0 bridgehead atoms. The highest BCUT2D eigenvalue weighted by molar-refractivity contribution is 7.88. The fourth-order valence-corrected chi connectivity index (χ4v) is 3.83. The quantitative estimate of drug-likeness (QED) is 0.737. The van der Waals surface area contributed by atoms with Crippen molar-refractivity contribution in [3.63, 3.8) is 0 Å². The average molecular weight is 367 g/mol. The van der Waals surface area contributed by atoms with Gasteiger partial charge in [0, 0.05) is 19.1 Å². The first kappa shape index (κ1) is 18.0. The van der Waals surface area contributed by atoms with Gasteiger partial charge in [0.05, 0.1) is 37.3 Å². The van der Waals surface area contributed by atoms with Crippen LogP contribution in [0.25, 0.3) is 0 Å². The van der Waals surface area contributed by atoms with Crippen LogP contribution in [0.5, 0.6) is 0 Å². The second-order valence-electron chi connectivity index (χ2n) is 6.87. The Bertz CT molecular complexity index is 840. The van der Waals surface area contributed by atoms with Crippen LogP contribution in [0, 0.1) is 0 Å². The molecule has 0 saturated carbocycles. The highest BCUT2D eigenvalue weighted by Gasteiger charge is 2.24. The fraction of sp³-hybridized carbons (Fsp3) is 0.667. The number of hydrogen-bond donors (Lipinski definition) is 0. The highest BCUT2D eigenvalue weighted by atomic mass is 32.2. The molecule has 0 amide bonds. The van der Waals surface area contributed by atoms with Crippen molar-refractivity contribution in [1.82, 2.24) is 33.8 Å². The van der Waals surface area contributed by atoms with Crippen LogP contribution < -0.4 is 0 Å². The molecule has 0 fully saturated rings. The zero-order valence-electron chi connectivity index (χ0n) is 15.1. The summed E-state index contributed by atoms with van der Waals surface area (Å²) in [6, 6.07) is 2.31. The molecule has 1 aliphatic heterocycles. The molecule has 9 nitrogen and oxygen atoms in total. The summed E-state index contributed by atoms with van der Waals surface area (Å²) in [5.74, 6) is 0.921. The molecule has 0 spiro atoms. The molecule has 0 radical (unpaired) electrons. The molecule has 138 valence electrons. The number of hydrogen-bond acceptors (Lipinski definition) is 6. The Labute approximate surface area is 148 Å². The third-order valence-electron chi connectivity index (χ3n) is 4.33. The molecule has 2 aromatic rings. The molecule has 0 aliphatic carbocycles. The van der Waals surface area contributed by atoms with Crippen molar-refractivity contribution in [2.45, 2.75) is 46.1 Å². The van der Waals surface area contributed by atoms with E-state index in [4.69, 9.17) is 0 Å². The third-order valence-corrected chi connectivity index (χ3v) is 5.58. The van der Waals surface area contributed by atoms with Gasteiger partial charge in [-0.05, 0) is 27.0 Å². The van der Waals surface area contributed by atoms with Gasteiger partial charge < -0.3 is 4.57 Å². The van der Waals surface area contributed by atoms with Gasteiger partial charge in [-0.3, -0.25) is 9.58 Å². The van der Waals surface area contributed by atoms with Crippen LogP contribution in [-0.4, -0.2) is 62.0 Å². The summed E-state index contributed by atoms with van der Waals surface area (Å²) in [5.41, 5.74) is 1.87. The molecular weight excluding hydrogens is 342 g/mol. The Morgan fingerprint density at radius 3 is 2.72 bits per heavy atom. The van der Waals surface area contributed by atoms with Crippen LogP contribution >= 0.6 is 0 Å². The van der Waals surface area contributed by atoms with Crippen molar-refractivity contribution < 1.29 is 8.42 Å². The Kier molecular flexibility index (Phi) is 4.94. The van der Waals surface area contributed by atoms with E-state index in [9.17, 15) is 8.42 Å². The van der Waals surface area contributed by atoms with Gasteiger partial charge >= 0.3 is 0 Å². The lowest BCUT2D eigenvalue weighted by Gasteiger charge is -2.25. The van der Waals surface area contributed by atoms with Gasteiger partial charge in [-0.1, -0.05) is 0 Å². The number of nitrogens with zero attached hydrogens (tertiary/aromatic N) is 7. The normalized spacial score (nSPS) is 15.9. The molecule has 10 heteroatoms. The zero-order valence-corrected chi connectivity index (χ0v) is 15.9. The van der Waals surface area contributed by atoms with Crippen LogP contribution in [0.3, 0.4) is 0 Å². The van der Waals surface area contributed by atoms with E-state index in [1.54, 1.807) is 6.33 Å².